The van der Waals surface area contributed by atoms with E-state index in [-0.39, 0.29) is 15.6 Å². The van der Waals surface area contributed by atoms with E-state index in [0.29, 0.717) is 17.9 Å². The third-order valence-electron chi connectivity index (χ3n) is 3.37. The van der Waals surface area contributed by atoms with E-state index in [1.165, 1.54) is 32.4 Å². The zero-order valence-electron chi connectivity index (χ0n) is 14.1. The van der Waals surface area contributed by atoms with Gasteiger partial charge in [-0.25, -0.2) is 9.59 Å². The molecule has 0 saturated carbocycles. The molecule has 0 amide bonds. The maximum absolute atomic E-state index is 11.7. The number of carbonyl (C=O) groups is 2. The third-order valence-corrected chi connectivity index (χ3v) is 3.93. The lowest BCUT2D eigenvalue weighted by Gasteiger charge is -2.11. The molecule has 0 radical (unpaired) electrons. The SMILES string of the molecule is COC(=O)C(=Cc1cc(Cl)c(OCc2ccccc2)c(Cl)c1)C(=O)OC. The molecular formula is C19H16Cl2O5. The molecular weight excluding hydrogens is 379 g/mol. The molecule has 26 heavy (non-hydrogen) atoms. The molecule has 0 N–H and O–H groups in total. The number of esters is 2. The van der Waals surface area contributed by atoms with E-state index < -0.39 is 11.9 Å². The highest BCUT2D eigenvalue weighted by molar-refractivity contribution is 6.37. The summed E-state index contributed by atoms with van der Waals surface area (Å²) >= 11 is 12.5. The lowest BCUT2D eigenvalue weighted by atomic mass is 10.1. The highest BCUT2D eigenvalue weighted by atomic mass is 35.5. The topological polar surface area (TPSA) is 61.8 Å². The number of hydrogen-bond acceptors (Lipinski definition) is 5. The summed E-state index contributed by atoms with van der Waals surface area (Å²) in [5.41, 5.74) is 1.11. The van der Waals surface area contributed by atoms with Gasteiger partial charge in [0.2, 0.25) is 0 Å². The second kappa shape index (κ2) is 9.27. The highest BCUT2D eigenvalue weighted by Gasteiger charge is 2.20. The Kier molecular flexibility index (Phi) is 7.06. The van der Waals surface area contributed by atoms with Crippen LogP contribution in [0.3, 0.4) is 0 Å². The third kappa shape index (κ3) is 5.00. The molecule has 0 atom stereocenters. The summed E-state index contributed by atoms with van der Waals surface area (Å²) in [6, 6.07) is 12.6. The molecule has 0 aromatic heterocycles. The van der Waals surface area contributed by atoms with Gasteiger partial charge in [0, 0.05) is 0 Å². The van der Waals surface area contributed by atoms with Crippen LogP contribution in [0.15, 0.2) is 48.0 Å². The lowest BCUT2D eigenvalue weighted by molar-refractivity contribution is -0.143. The van der Waals surface area contributed by atoms with Crippen LogP contribution in [0, 0.1) is 0 Å². The molecule has 2 aromatic carbocycles. The van der Waals surface area contributed by atoms with Crippen molar-refractivity contribution in [3.05, 3.63) is 69.2 Å². The summed E-state index contributed by atoms with van der Waals surface area (Å²) in [5.74, 6) is -1.34. The first-order valence-corrected chi connectivity index (χ1v) is 8.26. The van der Waals surface area contributed by atoms with Gasteiger partial charge in [-0.2, -0.15) is 0 Å². The van der Waals surface area contributed by atoms with Gasteiger partial charge in [0.25, 0.3) is 0 Å². The molecule has 136 valence electrons. The van der Waals surface area contributed by atoms with Crippen LogP contribution in [-0.2, 0) is 25.7 Å². The first-order chi connectivity index (χ1) is 12.5. The van der Waals surface area contributed by atoms with Gasteiger partial charge >= 0.3 is 11.9 Å². The largest absolute Gasteiger partial charge is 0.486 e. The molecule has 7 heteroatoms. The van der Waals surface area contributed by atoms with Gasteiger partial charge < -0.3 is 14.2 Å². The number of carbonyl (C=O) groups excluding carboxylic acids is 2. The maximum Gasteiger partial charge on any atom is 0.345 e. The van der Waals surface area contributed by atoms with Gasteiger partial charge in [-0.05, 0) is 29.3 Å². The number of benzene rings is 2. The van der Waals surface area contributed by atoms with E-state index in [1.807, 2.05) is 30.3 Å². The quantitative estimate of drug-likeness (QED) is 0.316. The van der Waals surface area contributed by atoms with Crippen LogP contribution in [-0.4, -0.2) is 26.2 Å². The predicted molar refractivity (Wildman–Crippen MR) is 99.2 cm³/mol. The fraction of sp³-hybridized carbons (Fsp3) is 0.158. The monoisotopic (exact) mass is 394 g/mol. The van der Waals surface area contributed by atoms with Crippen molar-refractivity contribution in [1.29, 1.82) is 0 Å². The van der Waals surface area contributed by atoms with Gasteiger partial charge in [-0.3, -0.25) is 0 Å². The summed E-state index contributed by atoms with van der Waals surface area (Å²) < 4.78 is 14.8. The Morgan fingerprint density at radius 3 is 2.00 bits per heavy atom. The van der Waals surface area contributed by atoms with Gasteiger partial charge in [0.1, 0.15) is 12.2 Å². The molecule has 2 rings (SSSR count). The minimum Gasteiger partial charge on any atom is -0.486 e. The van der Waals surface area contributed by atoms with E-state index in [2.05, 4.69) is 9.47 Å². The van der Waals surface area contributed by atoms with E-state index >= 15 is 0 Å². The molecule has 5 nitrogen and oxygen atoms in total. The number of rotatable bonds is 6. The Labute approximate surface area is 161 Å². The standard InChI is InChI=1S/C19H16Cl2O5/c1-24-18(22)14(19(23)25-2)8-13-9-15(20)17(16(21)10-13)26-11-12-6-4-3-5-7-12/h3-10H,11H2,1-2H3. The van der Waals surface area contributed by atoms with Crippen molar-refractivity contribution in [3.63, 3.8) is 0 Å². The molecule has 0 bridgehead atoms. The first-order valence-electron chi connectivity index (χ1n) is 7.50. The zero-order chi connectivity index (χ0) is 19.1. The Morgan fingerprint density at radius 1 is 0.962 bits per heavy atom. The number of halogens is 2. The van der Waals surface area contributed by atoms with E-state index in [9.17, 15) is 9.59 Å². The second-order valence-electron chi connectivity index (χ2n) is 5.13. The van der Waals surface area contributed by atoms with Gasteiger partial charge in [0.05, 0.1) is 24.3 Å². The Balaban J connectivity index is 2.28. The summed E-state index contributed by atoms with van der Waals surface area (Å²) in [7, 11) is 2.33. The predicted octanol–water partition coefficient (Wildman–Crippen LogP) is 4.30. The Morgan fingerprint density at radius 2 is 1.50 bits per heavy atom. The molecule has 0 spiro atoms. The molecule has 0 heterocycles. The molecule has 0 saturated heterocycles. The fourth-order valence-corrected chi connectivity index (χ4v) is 2.73. The Hall–Kier alpha value is -2.50. The van der Waals surface area contributed by atoms with Crippen molar-refractivity contribution in [3.8, 4) is 5.75 Å². The normalized spacial score (nSPS) is 10.0. The average Bonchev–Trinajstić information content (AvgIpc) is 2.65. The van der Waals surface area contributed by atoms with E-state index in [0.717, 1.165) is 5.56 Å². The summed E-state index contributed by atoms with van der Waals surface area (Å²) in [5, 5.41) is 0.488. The van der Waals surface area contributed by atoms with Gasteiger partial charge in [-0.1, -0.05) is 53.5 Å². The van der Waals surface area contributed by atoms with Crippen LogP contribution in [0.1, 0.15) is 11.1 Å². The van der Waals surface area contributed by atoms with Crippen LogP contribution >= 0.6 is 23.2 Å². The highest BCUT2D eigenvalue weighted by Crippen LogP contribution is 2.35. The van der Waals surface area contributed by atoms with Crippen LogP contribution in [0.4, 0.5) is 0 Å². The summed E-state index contributed by atoms with van der Waals surface area (Å²) in [4.78, 5) is 23.5. The molecule has 0 aliphatic heterocycles. The number of methoxy groups -OCH3 is 2. The van der Waals surface area contributed by atoms with Crippen LogP contribution in [0.25, 0.3) is 6.08 Å². The van der Waals surface area contributed by atoms with Crippen LogP contribution in [0.5, 0.6) is 5.75 Å². The van der Waals surface area contributed by atoms with Crippen LogP contribution in [0.2, 0.25) is 10.0 Å². The van der Waals surface area contributed by atoms with Crippen molar-refractivity contribution in [2.45, 2.75) is 6.61 Å². The average molecular weight is 395 g/mol. The van der Waals surface area contributed by atoms with Gasteiger partial charge in [-0.15, -0.1) is 0 Å². The van der Waals surface area contributed by atoms with Crippen molar-refractivity contribution in [2.24, 2.45) is 0 Å². The minimum absolute atomic E-state index is 0.244. The minimum atomic E-state index is -0.825. The fourth-order valence-electron chi connectivity index (χ4n) is 2.12. The first kappa shape index (κ1) is 19.8. The number of hydrogen-bond donors (Lipinski definition) is 0. The van der Waals surface area contributed by atoms with Crippen LogP contribution < -0.4 is 4.74 Å². The maximum atomic E-state index is 11.7. The van der Waals surface area contributed by atoms with E-state index in [1.54, 1.807) is 0 Å². The summed E-state index contributed by atoms with van der Waals surface area (Å²) in [6.45, 7) is 0.297. The molecule has 2 aromatic rings. The smallest absolute Gasteiger partial charge is 0.345 e. The molecule has 0 fully saturated rings. The van der Waals surface area contributed by atoms with Crippen molar-refractivity contribution in [1.82, 2.24) is 0 Å². The van der Waals surface area contributed by atoms with E-state index in [4.69, 9.17) is 27.9 Å². The zero-order valence-corrected chi connectivity index (χ0v) is 15.6. The lowest BCUT2D eigenvalue weighted by Crippen LogP contribution is -2.15. The van der Waals surface area contributed by atoms with Gasteiger partial charge in [0.15, 0.2) is 5.75 Å². The van der Waals surface area contributed by atoms with Crippen molar-refractivity contribution < 1.29 is 23.8 Å². The molecule has 0 unspecified atom stereocenters. The molecule has 0 aliphatic carbocycles. The van der Waals surface area contributed by atoms with Crippen molar-refractivity contribution in [2.75, 3.05) is 14.2 Å². The Bertz CT molecular complexity index is 790. The van der Waals surface area contributed by atoms with Crippen molar-refractivity contribution >= 4 is 41.2 Å². The number of ether oxygens (including phenoxy) is 3. The second-order valence-corrected chi connectivity index (χ2v) is 5.94. The molecule has 0 aliphatic rings. The summed E-state index contributed by atoms with van der Waals surface area (Å²) in [6.07, 6.45) is 1.29.